The Hall–Kier alpha value is -0.0300. The lowest BCUT2D eigenvalue weighted by molar-refractivity contribution is 0.338. The lowest BCUT2D eigenvalue weighted by atomic mass is 10.1. The largest absolute Gasteiger partial charge is 0.493 e. The summed E-state index contributed by atoms with van der Waals surface area (Å²) in [5, 5.41) is 1.92. The molecule has 0 aliphatic heterocycles. The number of alkyl halides is 1. The van der Waals surface area contributed by atoms with Crippen LogP contribution in [0.5, 0.6) is 5.75 Å². The van der Waals surface area contributed by atoms with Gasteiger partial charge in [0.25, 0.3) is 0 Å². The average Bonchev–Trinajstić information content (AvgIpc) is 2.78. The molecule has 2 aromatic rings. The molecule has 1 atom stereocenters. The van der Waals surface area contributed by atoms with Crippen molar-refractivity contribution in [2.45, 2.75) is 12.3 Å². The fraction of sp³-hybridized carbons (Fsp3) is 0.231. The van der Waals surface area contributed by atoms with Gasteiger partial charge in [-0.1, -0.05) is 6.07 Å². The summed E-state index contributed by atoms with van der Waals surface area (Å²) in [6, 6.07) is 8.00. The van der Waals surface area contributed by atoms with E-state index in [4.69, 9.17) is 16.3 Å². The van der Waals surface area contributed by atoms with Gasteiger partial charge in [-0.05, 0) is 73.5 Å². The zero-order chi connectivity index (χ0) is 13.1. The first-order valence-corrected chi connectivity index (χ1v) is 8.32. The number of thiophene rings is 1. The summed E-state index contributed by atoms with van der Waals surface area (Å²) < 4.78 is 7.51. The van der Waals surface area contributed by atoms with Crippen molar-refractivity contribution in [1.82, 2.24) is 0 Å². The summed E-state index contributed by atoms with van der Waals surface area (Å²) in [5.41, 5.74) is 2.15. The van der Waals surface area contributed by atoms with Gasteiger partial charge in [0.2, 0.25) is 0 Å². The minimum atomic E-state index is -0.139. The zero-order valence-electron chi connectivity index (χ0n) is 9.62. The van der Waals surface area contributed by atoms with Gasteiger partial charge in [-0.15, -0.1) is 22.9 Å². The molecule has 1 aromatic heterocycles. The highest BCUT2D eigenvalue weighted by Crippen LogP contribution is 2.36. The maximum atomic E-state index is 6.47. The first kappa shape index (κ1) is 14.4. The van der Waals surface area contributed by atoms with Gasteiger partial charge in [0.05, 0.1) is 20.2 Å². The van der Waals surface area contributed by atoms with Gasteiger partial charge in [0.1, 0.15) is 5.75 Å². The fourth-order valence-corrected chi connectivity index (χ4v) is 3.65. The molecule has 1 unspecified atom stereocenters. The van der Waals surface area contributed by atoms with E-state index < -0.39 is 0 Å². The molecule has 0 saturated carbocycles. The molecule has 0 bridgehead atoms. The summed E-state index contributed by atoms with van der Waals surface area (Å²) in [6.07, 6.45) is 0. The number of benzene rings is 1. The van der Waals surface area contributed by atoms with Gasteiger partial charge >= 0.3 is 0 Å². The van der Waals surface area contributed by atoms with E-state index in [0.717, 1.165) is 25.1 Å². The maximum Gasteiger partial charge on any atom is 0.133 e. The highest BCUT2D eigenvalue weighted by atomic mass is 79.9. The van der Waals surface area contributed by atoms with E-state index in [0.29, 0.717) is 6.61 Å². The molecule has 0 N–H and O–H groups in total. The molecular formula is C13H11Br2ClOS. The Morgan fingerprint density at radius 1 is 1.28 bits per heavy atom. The predicted molar refractivity (Wildman–Crippen MR) is 85.0 cm³/mol. The van der Waals surface area contributed by atoms with E-state index >= 15 is 0 Å². The van der Waals surface area contributed by atoms with Crippen LogP contribution >= 0.6 is 54.8 Å². The van der Waals surface area contributed by atoms with Gasteiger partial charge < -0.3 is 4.74 Å². The van der Waals surface area contributed by atoms with E-state index in [-0.39, 0.29) is 5.38 Å². The zero-order valence-corrected chi connectivity index (χ0v) is 14.4. The minimum absolute atomic E-state index is 0.139. The van der Waals surface area contributed by atoms with Gasteiger partial charge in [-0.2, -0.15) is 0 Å². The number of halogens is 3. The second-order valence-electron chi connectivity index (χ2n) is 3.67. The SMILES string of the molecule is CCOc1ccc(C(Cl)c2csc(Br)c2)cc1Br. The first-order valence-electron chi connectivity index (χ1n) is 5.42. The predicted octanol–water partition coefficient (Wildman–Crippen LogP) is 6.00. The van der Waals surface area contributed by atoms with Crippen LogP contribution in [0.25, 0.3) is 0 Å². The third kappa shape index (κ3) is 3.29. The fourth-order valence-electron chi connectivity index (χ4n) is 1.60. The Balaban J connectivity index is 2.26. The van der Waals surface area contributed by atoms with E-state index in [1.54, 1.807) is 11.3 Å². The summed E-state index contributed by atoms with van der Waals surface area (Å²) >= 11 is 15.1. The van der Waals surface area contributed by atoms with Gasteiger partial charge in [-0.3, -0.25) is 0 Å². The Bertz CT molecular complexity index is 542. The first-order chi connectivity index (χ1) is 8.61. The normalized spacial score (nSPS) is 12.4. The molecule has 2 rings (SSSR count). The second kappa shape index (κ2) is 6.42. The van der Waals surface area contributed by atoms with Crippen molar-refractivity contribution in [1.29, 1.82) is 0 Å². The van der Waals surface area contributed by atoms with Crippen LogP contribution < -0.4 is 4.74 Å². The molecule has 0 amide bonds. The summed E-state index contributed by atoms with van der Waals surface area (Å²) in [4.78, 5) is 0. The molecule has 1 nitrogen and oxygen atoms in total. The third-order valence-electron chi connectivity index (χ3n) is 2.43. The molecule has 1 heterocycles. The number of rotatable bonds is 4. The number of ether oxygens (including phenoxy) is 1. The highest BCUT2D eigenvalue weighted by molar-refractivity contribution is 9.11. The van der Waals surface area contributed by atoms with Crippen molar-refractivity contribution < 1.29 is 4.74 Å². The molecule has 1 aromatic carbocycles. The molecular weight excluding hydrogens is 399 g/mol. The summed E-state index contributed by atoms with van der Waals surface area (Å²) in [7, 11) is 0. The average molecular weight is 411 g/mol. The van der Waals surface area contributed by atoms with E-state index in [9.17, 15) is 0 Å². The van der Waals surface area contributed by atoms with Crippen LogP contribution in [0.4, 0.5) is 0 Å². The van der Waals surface area contributed by atoms with Crippen LogP contribution in [-0.4, -0.2) is 6.61 Å². The molecule has 0 spiro atoms. The van der Waals surface area contributed by atoms with Crippen molar-refractivity contribution in [2.24, 2.45) is 0 Å². The molecule has 5 heteroatoms. The van der Waals surface area contributed by atoms with Crippen LogP contribution in [0.3, 0.4) is 0 Å². The van der Waals surface area contributed by atoms with Crippen LogP contribution in [-0.2, 0) is 0 Å². The topological polar surface area (TPSA) is 9.23 Å². The smallest absolute Gasteiger partial charge is 0.133 e. The van der Waals surface area contributed by atoms with Crippen molar-refractivity contribution >= 4 is 54.8 Å². The minimum Gasteiger partial charge on any atom is -0.493 e. The monoisotopic (exact) mass is 408 g/mol. The molecule has 18 heavy (non-hydrogen) atoms. The summed E-state index contributed by atoms with van der Waals surface area (Å²) in [6.45, 7) is 2.62. The van der Waals surface area contributed by atoms with Gasteiger partial charge in [0, 0.05) is 0 Å². The molecule has 0 aliphatic rings. The maximum absolute atomic E-state index is 6.47. The molecule has 0 aliphatic carbocycles. The molecule has 0 saturated heterocycles. The van der Waals surface area contributed by atoms with Crippen molar-refractivity contribution in [2.75, 3.05) is 6.61 Å². The Morgan fingerprint density at radius 3 is 2.61 bits per heavy atom. The lowest BCUT2D eigenvalue weighted by Crippen LogP contribution is -1.95. The standard InChI is InChI=1S/C13H11Br2ClOS/c1-2-17-11-4-3-8(5-10(11)14)13(16)9-6-12(15)18-7-9/h3-7,13H,2H2,1H3. The van der Waals surface area contributed by atoms with Gasteiger partial charge in [0.15, 0.2) is 0 Å². The van der Waals surface area contributed by atoms with Crippen LogP contribution in [0, 0.1) is 0 Å². The molecule has 0 fully saturated rings. The molecule has 96 valence electrons. The van der Waals surface area contributed by atoms with Crippen LogP contribution in [0.1, 0.15) is 23.4 Å². The Kier molecular flexibility index (Phi) is 5.13. The summed E-state index contributed by atoms with van der Waals surface area (Å²) in [5.74, 6) is 0.844. The Morgan fingerprint density at radius 2 is 2.06 bits per heavy atom. The third-order valence-corrected chi connectivity index (χ3v) is 5.08. The van der Waals surface area contributed by atoms with Crippen molar-refractivity contribution in [3.05, 3.63) is 49.0 Å². The van der Waals surface area contributed by atoms with Gasteiger partial charge in [-0.25, -0.2) is 0 Å². The Labute approximate surface area is 132 Å². The van der Waals surface area contributed by atoms with E-state index in [1.807, 2.05) is 31.2 Å². The van der Waals surface area contributed by atoms with Crippen LogP contribution in [0.15, 0.2) is 37.9 Å². The highest BCUT2D eigenvalue weighted by Gasteiger charge is 2.14. The van der Waals surface area contributed by atoms with Crippen molar-refractivity contribution in [3.8, 4) is 5.75 Å². The van der Waals surface area contributed by atoms with Crippen molar-refractivity contribution in [3.63, 3.8) is 0 Å². The number of hydrogen-bond acceptors (Lipinski definition) is 2. The lowest BCUT2D eigenvalue weighted by Gasteiger charge is -2.11. The number of hydrogen-bond donors (Lipinski definition) is 0. The second-order valence-corrected chi connectivity index (χ2v) is 7.25. The van der Waals surface area contributed by atoms with E-state index in [1.165, 1.54) is 0 Å². The van der Waals surface area contributed by atoms with E-state index in [2.05, 4.69) is 37.2 Å². The quantitative estimate of drug-likeness (QED) is 0.562. The van der Waals surface area contributed by atoms with Crippen LogP contribution in [0.2, 0.25) is 0 Å². The molecule has 0 radical (unpaired) electrons.